The van der Waals surface area contributed by atoms with Crippen LogP contribution in [0.2, 0.25) is 5.02 Å². The number of carbonyl (C=O) groups is 1. The van der Waals surface area contributed by atoms with Crippen molar-refractivity contribution < 1.29 is 14.5 Å². The number of methoxy groups -OCH3 is 1. The van der Waals surface area contributed by atoms with E-state index in [0.29, 0.717) is 11.4 Å². The van der Waals surface area contributed by atoms with Crippen LogP contribution in [0.15, 0.2) is 59.4 Å². The number of ether oxygens (including phenoxy) is 1. The number of anilines is 1. The largest absolute Gasteiger partial charge is 0.497 e. The maximum Gasteiger partial charge on any atom is 0.289 e. The Balaban J connectivity index is 1.86. The first kappa shape index (κ1) is 21.0. The molecule has 0 saturated carbocycles. The Morgan fingerprint density at radius 3 is 2.53 bits per heavy atom. The zero-order valence-electron chi connectivity index (χ0n) is 16.0. The van der Waals surface area contributed by atoms with Crippen LogP contribution in [0.5, 0.6) is 5.75 Å². The molecule has 3 rings (SSSR count). The van der Waals surface area contributed by atoms with Crippen molar-refractivity contribution in [3.63, 3.8) is 0 Å². The Kier molecular flexibility index (Phi) is 6.12. The van der Waals surface area contributed by atoms with Crippen molar-refractivity contribution in [2.75, 3.05) is 12.4 Å². The van der Waals surface area contributed by atoms with E-state index >= 15 is 0 Å². The minimum absolute atomic E-state index is 0.0453. The Hall–Kier alpha value is -3.72. The highest BCUT2D eigenvalue weighted by Crippen LogP contribution is 2.27. The van der Waals surface area contributed by atoms with E-state index in [1.807, 2.05) is 0 Å². The van der Waals surface area contributed by atoms with E-state index in [-0.39, 0.29) is 16.4 Å². The number of nitrogens with zero attached hydrogens (tertiary/aromatic N) is 3. The second-order valence-electron chi connectivity index (χ2n) is 6.32. The van der Waals surface area contributed by atoms with Crippen LogP contribution in [0, 0.1) is 10.1 Å². The summed E-state index contributed by atoms with van der Waals surface area (Å²) in [7, 11) is 1.56. The molecule has 0 bridgehead atoms. The number of nitro benzene ring substituents is 1. The number of hydrogen-bond donors (Lipinski definition) is 1. The molecule has 0 fully saturated rings. The zero-order valence-corrected chi connectivity index (χ0v) is 16.8. The number of aromatic nitrogens is 2. The van der Waals surface area contributed by atoms with Gasteiger partial charge in [-0.15, -0.1) is 0 Å². The Bertz CT molecular complexity index is 1160. The fraction of sp³-hybridized carbons (Fsp3) is 0.150. The van der Waals surface area contributed by atoms with Gasteiger partial charge in [-0.2, -0.15) is 5.10 Å². The molecule has 3 aromatic rings. The summed E-state index contributed by atoms with van der Waals surface area (Å²) in [4.78, 5) is 35.3. The minimum atomic E-state index is -0.967. The van der Waals surface area contributed by atoms with Crippen LogP contribution in [0.25, 0.3) is 11.3 Å². The Morgan fingerprint density at radius 2 is 1.90 bits per heavy atom. The van der Waals surface area contributed by atoms with Gasteiger partial charge in [0.1, 0.15) is 16.8 Å². The number of amides is 1. The molecule has 0 aliphatic heterocycles. The second kappa shape index (κ2) is 8.75. The van der Waals surface area contributed by atoms with Gasteiger partial charge in [-0.3, -0.25) is 19.7 Å². The van der Waals surface area contributed by atoms with Gasteiger partial charge in [-0.1, -0.05) is 11.6 Å². The van der Waals surface area contributed by atoms with Crippen LogP contribution in [-0.4, -0.2) is 27.7 Å². The molecule has 1 unspecified atom stereocenters. The number of nitrogens with one attached hydrogen (secondary N) is 1. The maximum absolute atomic E-state index is 12.6. The van der Waals surface area contributed by atoms with Gasteiger partial charge >= 0.3 is 0 Å². The number of halogens is 1. The summed E-state index contributed by atoms with van der Waals surface area (Å²) >= 11 is 5.78. The summed E-state index contributed by atoms with van der Waals surface area (Å²) in [6, 6.07) is 12.9. The average molecular weight is 429 g/mol. The molecule has 0 spiro atoms. The first-order valence-electron chi connectivity index (χ1n) is 8.79. The highest BCUT2D eigenvalue weighted by atomic mass is 35.5. The number of nitro groups is 1. The molecule has 1 amide bonds. The summed E-state index contributed by atoms with van der Waals surface area (Å²) < 4.78 is 6.18. The van der Waals surface area contributed by atoms with Crippen molar-refractivity contribution in [3.05, 3.63) is 80.1 Å². The normalized spacial score (nSPS) is 11.6. The standard InChI is InChI=1S/C20H17ClN4O5/c1-12(20(27)22-14-5-8-16(21)18(11-14)25(28)29)24-19(26)10-9-17(23-24)13-3-6-15(30-2)7-4-13/h3-12H,1-2H3,(H,22,27). The van der Waals surface area contributed by atoms with E-state index < -0.39 is 22.4 Å². The number of hydrogen-bond acceptors (Lipinski definition) is 6. The lowest BCUT2D eigenvalue weighted by molar-refractivity contribution is -0.384. The third kappa shape index (κ3) is 4.47. The van der Waals surface area contributed by atoms with Gasteiger partial charge in [0.25, 0.3) is 11.2 Å². The topological polar surface area (TPSA) is 116 Å². The SMILES string of the molecule is COc1ccc(-c2ccc(=O)n(C(C)C(=O)Nc3ccc(Cl)c([N+](=O)[O-])c3)n2)cc1. The quantitative estimate of drug-likeness (QED) is 0.472. The predicted octanol–water partition coefficient (Wildman–Crippen LogP) is 3.68. The second-order valence-corrected chi connectivity index (χ2v) is 6.73. The molecule has 0 aliphatic rings. The third-order valence-corrected chi connectivity index (χ3v) is 4.69. The van der Waals surface area contributed by atoms with Crippen LogP contribution in [0.3, 0.4) is 0 Å². The van der Waals surface area contributed by atoms with Crippen molar-refractivity contribution in [1.82, 2.24) is 9.78 Å². The minimum Gasteiger partial charge on any atom is -0.497 e. The van der Waals surface area contributed by atoms with E-state index in [2.05, 4.69) is 10.4 Å². The summed E-state index contributed by atoms with van der Waals surface area (Å²) in [5.74, 6) is 0.116. The molecule has 2 aromatic carbocycles. The molecule has 30 heavy (non-hydrogen) atoms. The van der Waals surface area contributed by atoms with Gasteiger partial charge in [0.05, 0.1) is 17.7 Å². The Morgan fingerprint density at radius 1 is 1.20 bits per heavy atom. The number of rotatable bonds is 6. The van der Waals surface area contributed by atoms with Crippen LogP contribution < -0.4 is 15.6 Å². The molecule has 10 heteroatoms. The van der Waals surface area contributed by atoms with Crippen molar-refractivity contribution in [3.8, 4) is 17.0 Å². The predicted molar refractivity (Wildman–Crippen MR) is 112 cm³/mol. The monoisotopic (exact) mass is 428 g/mol. The average Bonchev–Trinajstić information content (AvgIpc) is 2.74. The van der Waals surface area contributed by atoms with E-state index in [0.717, 1.165) is 16.3 Å². The first-order valence-corrected chi connectivity index (χ1v) is 9.17. The van der Waals surface area contributed by atoms with Crippen LogP contribution in [0.4, 0.5) is 11.4 Å². The van der Waals surface area contributed by atoms with Gasteiger partial charge in [0.2, 0.25) is 5.91 Å². The van der Waals surface area contributed by atoms with Crippen molar-refractivity contribution in [2.24, 2.45) is 0 Å². The molecule has 0 saturated heterocycles. The Labute approximate surface area is 176 Å². The zero-order chi connectivity index (χ0) is 21.8. The van der Waals surface area contributed by atoms with Crippen molar-refractivity contribution in [1.29, 1.82) is 0 Å². The summed E-state index contributed by atoms with van der Waals surface area (Å²) in [6.45, 7) is 1.51. The van der Waals surface area contributed by atoms with Crippen molar-refractivity contribution >= 4 is 28.9 Å². The van der Waals surface area contributed by atoms with Crippen LogP contribution in [0.1, 0.15) is 13.0 Å². The molecule has 0 aliphatic carbocycles. The van der Waals surface area contributed by atoms with Crippen LogP contribution >= 0.6 is 11.6 Å². The summed E-state index contributed by atoms with van der Waals surface area (Å²) in [6.07, 6.45) is 0. The molecule has 154 valence electrons. The highest BCUT2D eigenvalue weighted by molar-refractivity contribution is 6.32. The van der Waals surface area contributed by atoms with Gasteiger partial charge in [0, 0.05) is 23.4 Å². The van der Waals surface area contributed by atoms with E-state index in [4.69, 9.17) is 16.3 Å². The molecule has 0 radical (unpaired) electrons. The fourth-order valence-corrected chi connectivity index (χ4v) is 2.89. The molecule has 1 aromatic heterocycles. The summed E-state index contributed by atoms with van der Waals surface area (Å²) in [5.41, 5.74) is 0.628. The van der Waals surface area contributed by atoms with E-state index in [1.54, 1.807) is 37.4 Å². The highest BCUT2D eigenvalue weighted by Gasteiger charge is 2.20. The maximum atomic E-state index is 12.6. The lowest BCUT2D eigenvalue weighted by atomic mass is 10.1. The smallest absolute Gasteiger partial charge is 0.289 e. The lowest BCUT2D eigenvalue weighted by Crippen LogP contribution is -2.33. The molecular formula is C20H17ClN4O5. The third-order valence-electron chi connectivity index (χ3n) is 4.37. The van der Waals surface area contributed by atoms with E-state index in [1.165, 1.54) is 25.1 Å². The summed E-state index contributed by atoms with van der Waals surface area (Å²) in [5, 5.41) is 17.8. The molecule has 1 atom stereocenters. The van der Waals surface area contributed by atoms with Crippen molar-refractivity contribution in [2.45, 2.75) is 13.0 Å². The molecule has 9 nitrogen and oxygen atoms in total. The first-order chi connectivity index (χ1) is 14.3. The van der Waals surface area contributed by atoms with Gasteiger partial charge in [-0.25, -0.2) is 4.68 Å². The number of benzene rings is 2. The fourth-order valence-electron chi connectivity index (χ4n) is 2.71. The van der Waals surface area contributed by atoms with Gasteiger partial charge in [-0.05, 0) is 49.4 Å². The number of carbonyl (C=O) groups excluding carboxylic acids is 1. The molecule has 1 heterocycles. The lowest BCUT2D eigenvalue weighted by Gasteiger charge is -2.15. The van der Waals surface area contributed by atoms with Crippen LogP contribution in [-0.2, 0) is 4.79 Å². The molecular weight excluding hydrogens is 412 g/mol. The molecule has 1 N–H and O–H groups in total. The van der Waals surface area contributed by atoms with Gasteiger partial charge in [0.15, 0.2) is 0 Å². The van der Waals surface area contributed by atoms with E-state index in [9.17, 15) is 19.7 Å². The van der Waals surface area contributed by atoms with Gasteiger partial charge < -0.3 is 10.1 Å².